The number of nitrogens with zero attached hydrogens (tertiary/aromatic N) is 6. The maximum atomic E-state index is 9.78. The molecule has 12 heteroatoms. The molecule has 5 rings (SSSR count). The van der Waals surface area contributed by atoms with Gasteiger partial charge in [-0.15, -0.1) is 0 Å². The number of fused-ring (bicyclic) bond motifs is 1. The maximum absolute atomic E-state index is 9.78. The largest absolute Gasteiger partial charge is 0.494 e. The minimum Gasteiger partial charge on any atom is -0.494 e. The van der Waals surface area contributed by atoms with E-state index >= 15 is 0 Å². The van der Waals surface area contributed by atoms with Crippen LogP contribution in [0.2, 0.25) is 0 Å². The van der Waals surface area contributed by atoms with Crippen LogP contribution < -0.4 is 18.9 Å². The maximum Gasteiger partial charge on any atom is 0.213 e. The number of methoxy groups -OCH3 is 2. The van der Waals surface area contributed by atoms with E-state index in [9.17, 15) is 5.11 Å². The van der Waals surface area contributed by atoms with Crippen LogP contribution in [0.4, 0.5) is 5.82 Å². The minimum absolute atomic E-state index is 0.230. The summed E-state index contributed by atoms with van der Waals surface area (Å²) in [5.41, 5.74) is 2.19. The van der Waals surface area contributed by atoms with Gasteiger partial charge in [-0.3, -0.25) is 9.29 Å². The Balaban J connectivity index is 1.62. The van der Waals surface area contributed by atoms with Crippen molar-refractivity contribution in [3.05, 3.63) is 42.6 Å². The number of rotatable bonds is 9. The molecule has 37 heavy (non-hydrogen) atoms. The fourth-order valence-electron chi connectivity index (χ4n) is 4.15. The highest BCUT2D eigenvalue weighted by atomic mass is 32.2. The van der Waals surface area contributed by atoms with Gasteiger partial charge in [0, 0.05) is 31.3 Å². The number of aliphatic hydroxyl groups excluding tert-OH is 1. The van der Waals surface area contributed by atoms with Crippen LogP contribution in [-0.2, 0) is 0 Å². The Morgan fingerprint density at radius 1 is 1.03 bits per heavy atom. The van der Waals surface area contributed by atoms with E-state index in [1.807, 2.05) is 41.8 Å². The predicted octanol–water partition coefficient (Wildman–Crippen LogP) is 3.73. The Labute approximate surface area is 219 Å². The molecular weight excluding hydrogens is 494 g/mol. The van der Waals surface area contributed by atoms with Crippen LogP contribution in [0.5, 0.6) is 17.4 Å². The van der Waals surface area contributed by atoms with Gasteiger partial charge >= 0.3 is 0 Å². The molecule has 2 N–H and O–H groups in total. The van der Waals surface area contributed by atoms with E-state index in [1.54, 1.807) is 26.5 Å². The first-order valence-electron chi connectivity index (χ1n) is 12.0. The number of ether oxygens (including phenoxy) is 3. The molecule has 0 spiro atoms. The van der Waals surface area contributed by atoms with Gasteiger partial charge in [0.25, 0.3) is 0 Å². The normalized spacial score (nSPS) is 14.6. The fourth-order valence-corrected chi connectivity index (χ4v) is 4.86. The number of imidazole rings is 1. The molecule has 11 nitrogen and oxygen atoms in total. The molecule has 4 aromatic rings. The van der Waals surface area contributed by atoms with Crippen LogP contribution >= 0.6 is 12.1 Å². The second kappa shape index (κ2) is 11.2. The molecule has 1 saturated heterocycles. The zero-order chi connectivity index (χ0) is 25.8. The van der Waals surface area contributed by atoms with E-state index in [-0.39, 0.29) is 6.10 Å². The number of aliphatic hydroxyl groups is 1. The summed E-state index contributed by atoms with van der Waals surface area (Å²) in [4.78, 5) is 18.9. The third-order valence-electron chi connectivity index (χ3n) is 5.94. The van der Waals surface area contributed by atoms with Gasteiger partial charge in [-0.25, -0.2) is 24.2 Å². The van der Waals surface area contributed by atoms with Crippen LogP contribution in [0.1, 0.15) is 19.8 Å². The number of piperidine rings is 1. The molecule has 0 radical (unpaired) electrons. The number of hydrogen-bond acceptors (Lipinski definition) is 11. The van der Waals surface area contributed by atoms with Crippen LogP contribution in [0.15, 0.2) is 42.6 Å². The van der Waals surface area contributed by atoms with Crippen molar-refractivity contribution in [1.29, 1.82) is 0 Å². The van der Waals surface area contributed by atoms with Crippen molar-refractivity contribution >= 4 is 29.2 Å². The van der Waals surface area contributed by atoms with E-state index in [4.69, 9.17) is 24.2 Å². The van der Waals surface area contributed by atoms with Crippen molar-refractivity contribution < 1.29 is 19.3 Å². The smallest absolute Gasteiger partial charge is 0.213 e. The van der Waals surface area contributed by atoms with Crippen molar-refractivity contribution in [3.63, 3.8) is 0 Å². The molecule has 0 atom stereocenters. The molecule has 0 saturated carbocycles. The van der Waals surface area contributed by atoms with Gasteiger partial charge in [0.15, 0.2) is 22.9 Å². The van der Waals surface area contributed by atoms with Gasteiger partial charge in [-0.05, 0) is 38.0 Å². The van der Waals surface area contributed by atoms with Crippen molar-refractivity contribution in [2.75, 3.05) is 38.6 Å². The number of benzene rings is 1. The van der Waals surface area contributed by atoms with Crippen molar-refractivity contribution in [3.8, 4) is 34.6 Å². The predicted molar refractivity (Wildman–Crippen MR) is 142 cm³/mol. The fraction of sp³-hybridized carbons (Fsp3) is 0.360. The Bertz CT molecular complexity index is 1350. The van der Waals surface area contributed by atoms with Gasteiger partial charge < -0.3 is 19.3 Å². The number of nitrogens with one attached hydrogen (secondary N) is 1. The summed E-state index contributed by atoms with van der Waals surface area (Å²) in [6.07, 6.45) is 2.92. The summed E-state index contributed by atoms with van der Waals surface area (Å²) < 4.78 is 24.3. The molecule has 0 aliphatic carbocycles. The molecule has 1 aliphatic rings. The standard InChI is InChI=1S/C25H29N7O4S/c1-4-36-21-10-5-7-17(27-21)24-29-23-25(32(24)22-18(34-2)8-6-9-19(22)35-3)28-20(15-26-23)30-37-31-13-11-16(33)12-14-31/h5-10,15-16,33H,4,11-14H2,1-3H3,(H,28,30). The number of pyridine rings is 1. The number of aromatic nitrogens is 5. The highest BCUT2D eigenvalue weighted by molar-refractivity contribution is 7.98. The van der Waals surface area contributed by atoms with Crippen LogP contribution in [-0.4, -0.2) is 73.9 Å². The van der Waals surface area contributed by atoms with E-state index in [0.29, 0.717) is 58.3 Å². The van der Waals surface area contributed by atoms with Gasteiger partial charge in [0.1, 0.15) is 22.9 Å². The Hall–Kier alpha value is -3.61. The molecule has 1 aliphatic heterocycles. The molecule has 3 aromatic heterocycles. The number of para-hydroxylation sites is 1. The molecule has 0 bridgehead atoms. The molecule has 4 heterocycles. The minimum atomic E-state index is -0.230. The topological polar surface area (TPSA) is 120 Å². The first-order chi connectivity index (χ1) is 18.1. The monoisotopic (exact) mass is 523 g/mol. The van der Waals surface area contributed by atoms with Gasteiger partial charge in [-0.1, -0.05) is 12.1 Å². The zero-order valence-corrected chi connectivity index (χ0v) is 21.7. The summed E-state index contributed by atoms with van der Waals surface area (Å²) in [7, 11) is 3.21. The van der Waals surface area contributed by atoms with Crippen molar-refractivity contribution in [2.45, 2.75) is 25.9 Å². The molecule has 1 fully saturated rings. The summed E-state index contributed by atoms with van der Waals surface area (Å²) in [6, 6.07) is 11.1. The third-order valence-corrected chi connectivity index (χ3v) is 6.87. The summed E-state index contributed by atoms with van der Waals surface area (Å²) in [6.45, 7) is 3.99. The SMILES string of the molecule is CCOc1cccc(-c2nc3ncc(NSN4CCC(O)CC4)nc3n2-c2c(OC)cccc2OC)n1. The summed E-state index contributed by atoms with van der Waals surface area (Å²) in [5, 5.41) is 9.78. The Kier molecular flexibility index (Phi) is 7.58. The number of hydrogen-bond donors (Lipinski definition) is 2. The molecular formula is C25H29N7O4S. The average molecular weight is 524 g/mol. The van der Waals surface area contributed by atoms with Gasteiger partial charge in [-0.2, -0.15) is 0 Å². The van der Waals surface area contributed by atoms with Crippen LogP contribution in [0, 0.1) is 0 Å². The zero-order valence-electron chi connectivity index (χ0n) is 20.9. The Morgan fingerprint density at radius 2 is 1.76 bits per heavy atom. The molecule has 0 amide bonds. The lowest BCUT2D eigenvalue weighted by Crippen LogP contribution is -2.32. The molecule has 194 valence electrons. The average Bonchev–Trinajstić information content (AvgIpc) is 3.31. The van der Waals surface area contributed by atoms with Crippen molar-refractivity contribution in [2.24, 2.45) is 0 Å². The van der Waals surface area contributed by atoms with E-state index in [1.165, 1.54) is 12.1 Å². The van der Waals surface area contributed by atoms with Crippen LogP contribution in [0.25, 0.3) is 28.5 Å². The number of anilines is 1. The second-order valence-electron chi connectivity index (χ2n) is 8.33. The lowest BCUT2D eigenvalue weighted by atomic mass is 10.1. The highest BCUT2D eigenvalue weighted by Crippen LogP contribution is 2.38. The van der Waals surface area contributed by atoms with Crippen LogP contribution in [0.3, 0.4) is 0 Å². The lowest BCUT2D eigenvalue weighted by Gasteiger charge is -2.27. The van der Waals surface area contributed by atoms with E-state index in [2.05, 4.69) is 19.0 Å². The van der Waals surface area contributed by atoms with Crippen molar-refractivity contribution in [1.82, 2.24) is 28.8 Å². The summed E-state index contributed by atoms with van der Waals surface area (Å²) >= 11 is 1.45. The molecule has 1 aromatic carbocycles. The third kappa shape index (κ3) is 5.26. The van der Waals surface area contributed by atoms with Gasteiger partial charge in [0.05, 0.1) is 33.1 Å². The quantitative estimate of drug-likeness (QED) is 0.312. The van der Waals surface area contributed by atoms with E-state index < -0.39 is 0 Å². The highest BCUT2D eigenvalue weighted by Gasteiger charge is 2.24. The van der Waals surface area contributed by atoms with E-state index in [0.717, 1.165) is 25.9 Å². The van der Waals surface area contributed by atoms with Gasteiger partial charge in [0.2, 0.25) is 5.88 Å². The first kappa shape index (κ1) is 25.1. The summed E-state index contributed by atoms with van der Waals surface area (Å²) in [5.74, 6) is 2.76. The molecule has 0 unspecified atom stereocenters. The first-order valence-corrected chi connectivity index (χ1v) is 12.8. The Morgan fingerprint density at radius 3 is 2.46 bits per heavy atom. The lowest BCUT2D eigenvalue weighted by molar-refractivity contribution is 0.116. The second-order valence-corrected chi connectivity index (χ2v) is 9.24.